The Morgan fingerprint density at radius 2 is 2.44 bits per heavy atom. The van der Waals surface area contributed by atoms with E-state index in [1.54, 1.807) is 19.2 Å². The maximum absolute atomic E-state index is 11.3. The Bertz CT molecular complexity index is 434. The van der Waals surface area contributed by atoms with E-state index in [1.165, 1.54) is 0 Å². The SMILES string of the molecule is C[C@H](O)c1cccnc1N1CCCC(C(N)=O)C1. The molecule has 98 valence electrons. The van der Waals surface area contributed by atoms with Gasteiger partial charge in [-0.05, 0) is 25.8 Å². The lowest BCUT2D eigenvalue weighted by atomic mass is 9.97. The van der Waals surface area contributed by atoms with Crippen molar-refractivity contribution in [1.82, 2.24) is 4.98 Å². The third-order valence-corrected chi connectivity index (χ3v) is 3.39. The molecule has 1 saturated heterocycles. The zero-order valence-electron chi connectivity index (χ0n) is 10.5. The van der Waals surface area contributed by atoms with Crippen molar-refractivity contribution in [3.63, 3.8) is 0 Å². The van der Waals surface area contributed by atoms with Gasteiger partial charge in [0, 0.05) is 24.8 Å². The minimum Gasteiger partial charge on any atom is -0.389 e. The summed E-state index contributed by atoms with van der Waals surface area (Å²) < 4.78 is 0. The zero-order chi connectivity index (χ0) is 13.1. The van der Waals surface area contributed by atoms with E-state index in [-0.39, 0.29) is 11.8 Å². The van der Waals surface area contributed by atoms with Gasteiger partial charge in [-0.15, -0.1) is 0 Å². The van der Waals surface area contributed by atoms with Gasteiger partial charge in [-0.2, -0.15) is 0 Å². The summed E-state index contributed by atoms with van der Waals surface area (Å²) in [5.41, 5.74) is 6.16. The number of carbonyl (C=O) groups excluding carboxylic acids is 1. The molecule has 0 spiro atoms. The molecule has 5 heteroatoms. The molecule has 2 heterocycles. The molecular formula is C13H19N3O2. The summed E-state index contributed by atoms with van der Waals surface area (Å²) in [6.07, 6.45) is 2.89. The highest BCUT2D eigenvalue weighted by atomic mass is 16.3. The van der Waals surface area contributed by atoms with Crippen LogP contribution in [0, 0.1) is 5.92 Å². The standard InChI is InChI=1S/C13H19N3O2/c1-9(17)11-5-2-6-15-13(11)16-7-3-4-10(8-16)12(14)18/h2,5-6,9-10,17H,3-4,7-8H2,1H3,(H2,14,18)/t9-,10?/m0/s1. The van der Waals surface area contributed by atoms with Crippen LogP contribution in [0.5, 0.6) is 0 Å². The second kappa shape index (κ2) is 5.35. The lowest BCUT2D eigenvalue weighted by molar-refractivity contribution is -0.122. The summed E-state index contributed by atoms with van der Waals surface area (Å²) in [6, 6.07) is 3.67. The van der Waals surface area contributed by atoms with Gasteiger partial charge in [0.15, 0.2) is 0 Å². The largest absolute Gasteiger partial charge is 0.389 e. The number of anilines is 1. The van der Waals surface area contributed by atoms with Gasteiger partial charge in [0.25, 0.3) is 0 Å². The first-order chi connectivity index (χ1) is 8.59. The molecular weight excluding hydrogens is 230 g/mol. The topological polar surface area (TPSA) is 79.5 Å². The highest BCUT2D eigenvalue weighted by Crippen LogP contribution is 2.27. The Morgan fingerprint density at radius 3 is 3.11 bits per heavy atom. The molecule has 3 N–H and O–H groups in total. The maximum Gasteiger partial charge on any atom is 0.222 e. The number of aliphatic hydroxyl groups is 1. The Morgan fingerprint density at radius 1 is 1.67 bits per heavy atom. The Labute approximate surface area is 107 Å². The van der Waals surface area contributed by atoms with Crippen molar-refractivity contribution in [2.45, 2.75) is 25.9 Å². The van der Waals surface area contributed by atoms with Crippen molar-refractivity contribution in [1.29, 1.82) is 0 Å². The molecule has 2 atom stereocenters. The van der Waals surface area contributed by atoms with E-state index in [4.69, 9.17) is 5.73 Å². The van der Waals surface area contributed by atoms with E-state index in [0.29, 0.717) is 6.54 Å². The predicted octanol–water partition coefficient (Wildman–Crippen LogP) is 0.837. The molecule has 1 fully saturated rings. The van der Waals surface area contributed by atoms with E-state index < -0.39 is 6.10 Å². The van der Waals surface area contributed by atoms with Crippen LogP contribution in [0.25, 0.3) is 0 Å². The van der Waals surface area contributed by atoms with E-state index in [9.17, 15) is 9.90 Å². The first-order valence-corrected chi connectivity index (χ1v) is 6.27. The summed E-state index contributed by atoms with van der Waals surface area (Å²) in [7, 11) is 0. The van der Waals surface area contributed by atoms with Crippen molar-refractivity contribution in [3.8, 4) is 0 Å². The van der Waals surface area contributed by atoms with Crippen LogP contribution in [0.2, 0.25) is 0 Å². The van der Waals surface area contributed by atoms with Crippen molar-refractivity contribution in [3.05, 3.63) is 23.9 Å². The molecule has 1 aliphatic rings. The van der Waals surface area contributed by atoms with Crippen molar-refractivity contribution >= 4 is 11.7 Å². The van der Waals surface area contributed by atoms with Gasteiger partial charge < -0.3 is 15.7 Å². The van der Waals surface area contributed by atoms with Crippen LogP contribution in [0.1, 0.15) is 31.4 Å². The molecule has 0 bridgehead atoms. The second-order valence-electron chi connectivity index (χ2n) is 4.78. The third-order valence-electron chi connectivity index (χ3n) is 3.39. The Hall–Kier alpha value is -1.62. The smallest absolute Gasteiger partial charge is 0.222 e. The van der Waals surface area contributed by atoms with Gasteiger partial charge >= 0.3 is 0 Å². The second-order valence-corrected chi connectivity index (χ2v) is 4.78. The number of aromatic nitrogens is 1. The molecule has 0 radical (unpaired) electrons. The summed E-state index contributed by atoms with van der Waals surface area (Å²) in [5, 5.41) is 9.75. The van der Waals surface area contributed by atoms with Gasteiger partial charge in [-0.1, -0.05) is 6.07 Å². The molecule has 0 aliphatic carbocycles. The number of carbonyl (C=O) groups is 1. The summed E-state index contributed by atoms with van der Waals surface area (Å²) >= 11 is 0. The lowest BCUT2D eigenvalue weighted by Gasteiger charge is -2.33. The van der Waals surface area contributed by atoms with Crippen LogP contribution in [0.4, 0.5) is 5.82 Å². The van der Waals surface area contributed by atoms with Crippen molar-refractivity contribution < 1.29 is 9.90 Å². The number of piperidine rings is 1. The monoisotopic (exact) mass is 249 g/mol. The number of nitrogens with zero attached hydrogens (tertiary/aromatic N) is 2. The molecule has 1 aromatic heterocycles. The van der Waals surface area contributed by atoms with E-state index in [2.05, 4.69) is 4.98 Å². The minimum atomic E-state index is -0.567. The average Bonchev–Trinajstić information content (AvgIpc) is 2.39. The van der Waals surface area contributed by atoms with E-state index in [1.807, 2.05) is 11.0 Å². The van der Waals surface area contributed by atoms with Crippen LogP contribution < -0.4 is 10.6 Å². The number of primary amides is 1. The first-order valence-electron chi connectivity index (χ1n) is 6.27. The Kier molecular flexibility index (Phi) is 3.81. The fourth-order valence-electron chi connectivity index (χ4n) is 2.40. The molecule has 1 amide bonds. The van der Waals surface area contributed by atoms with Crippen molar-refractivity contribution in [2.24, 2.45) is 11.7 Å². The molecule has 0 aromatic carbocycles. The van der Waals surface area contributed by atoms with Gasteiger partial charge in [0.1, 0.15) is 5.82 Å². The number of rotatable bonds is 3. The summed E-state index contributed by atoms with van der Waals surface area (Å²) in [4.78, 5) is 17.6. The molecule has 18 heavy (non-hydrogen) atoms. The summed E-state index contributed by atoms with van der Waals surface area (Å²) in [6.45, 7) is 3.16. The normalized spacial score (nSPS) is 21.7. The fraction of sp³-hybridized carbons (Fsp3) is 0.538. The number of amides is 1. The van der Waals surface area contributed by atoms with E-state index >= 15 is 0 Å². The molecule has 2 rings (SSSR count). The molecule has 5 nitrogen and oxygen atoms in total. The lowest BCUT2D eigenvalue weighted by Crippen LogP contribution is -2.42. The average molecular weight is 249 g/mol. The third kappa shape index (κ3) is 2.61. The number of hydrogen-bond donors (Lipinski definition) is 2. The molecule has 1 aromatic rings. The number of hydrogen-bond acceptors (Lipinski definition) is 4. The molecule has 1 unspecified atom stereocenters. The predicted molar refractivity (Wildman–Crippen MR) is 69.0 cm³/mol. The maximum atomic E-state index is 11.3. The zero-order valence-corrected chi connectivity index (χ0v) is 10.5. The van der Waals surface area contributed by atoms with Crippen LogP contribution in [-0.4, -0.2) is 29.1 Å². The molecule has 0 saturated carbocycles. The van der Waals surface area contributed by atoms with Gasteiger partial charge in [-0.25, -0.2) is 4.98 Å². The number of aliphatic hydroxyl groups excluding tert-OH is 1. The first kappa shape index (κ1) is 12.8. The number of pyridine rings is 1. The highest BCUT2D eigenvalue weighted by Gasteiger charge is 2.26. The van der Waals surface area contributed by atoms with Gasteiger partial charge in [-0.3, -0.25) is 4.79 Å². The quantitative estimate of drug-likeness (QED) is 0.831. The summed E-state index contributed by atoms with van der Waals surface area (Å²) in [5.74, 6) is 0.385. The van der Waals surface area contributed by atoms with Gasteiger partial charge in [0.2, 0.25) is 5.91 Å². The van der Waals surface area contributed by atoms with Crippen LogP contribution >= 0.6 is 0 Å². The van der Waals surface area contributed by atoms with E-state index in [0.717, 1.165) is 30.8 Å². The Balaban J connectivity index is 2.23. The highest BCUT2D eigenvalue weighted by molar-refractivity contribution is 5.77. The van der Waals surface area contributed by atoms with Crippen LogP contribution in [0.3, 0.4) is 0 Å². The molecule has 1 aliphatic heterocycles. The minimum absolute atomic E-state index is 0.123. The van der Waals surface area contributed by atoms with Crippen molar-refractivity contribution in [2.75, 3.05) is 18.0 Å². The number of nitrogens with two attached hydrogens (primary N) is 1. The van der Waals surface area contributed by atoms with Crippen LogP contribution in [0.15, 0.2) is 18.3 Å². The van der Waals surface area contributed by atoms with Gasteiger partial charge in [0.05, 0.1) is 12.0 Å². The fourth-order valence-corrected chi connectivity index (χ4v) is 2.40. The van der Waals surface area contributed by atoms with Crippen LogP contribution in [-0.2, 0) is 4.79 Å².